The molecule has 0 bridgehead atoms. The van der Waals surface area contributed by atoms with Crippen LogP contribution < -0.4 is 0 Å². The molecular weight excluding hydrogens is 203 g/mol. The van der Waals surface area contributed by atoms with E-state index in [2.05, 4.69) is 11.9 Å². The molecule has 2 rings (SSSR count). The highest BCUT2D eigenvalue weighted by Gasteiger charge is 2.33. The number of hydrogen-bond donors (Lipinski definition) is 0. The third-order valence-electron chi connectivity index (χ3n) is 2.92. The van der Waals surface area contributed by atoms with E-state index in [0.29, 0.717) is 11.8 Å². The Balaban J connectivity index is 2.11. The highest BCUT2D eigenvalue weighted by atomic mass is 19.4. The molecule has 82 valence electrons. The number of nitrogens with zero attached hydrogens (tertiary/aromatic N) is 1. The molecule has 1 heterocycles. The van der Waals surface area contributed by atoms with Gasteiger partial charge in [0.2, 0.25) is 0 Å². The number of halogens is 3. The summed E-state index contributed by atoms with van der Waals surface area (Å²) in [6.45, 7) is 2.15. The normalized spacial score (nSPS) is 26.1. The molecule has 0 unspecified atom stereocenters. The zero-order valence-corrected chi connectivity index (χ0v) is 8.38. The molecule has 1 nitrogen and oxygen atoms in total. The third-order valence-corrected chi connectivity index (χ3v) is 2.92. The molecule has 0 amide bonds. The van der Waals surface area contributed by atoms with Gasteiger partial charge in [0.25, 0.3) is 0 Å². The van der Waals surface area contributed by atoms with E-state index >= 15 is 0 Å². The Bertz CT molecular complexity index is 336. The van der Waals surface area contributed by atoms with E-state index < -0.39 is 11.9 Å². The molecule has 1 aromatic heterocycles. The second-order valence-electron chi connectivity index (χ2n) is 4.25. The molecule has 15 heavy (non-hydrogen) atoms. The number of alkyl halides is 3. The highest BCUT2D eigenvalue weighted by molar-refractivity contribution is 5.21. The molecule has 1 aromatic rings. The van der Waals surface area contributed by atoms with Crippen molar-refractivity contribution in [1.29, 1.82) is 0 Å². The van der Waals surface area contributed by atoms with Gasteiger partial charge in [-0.25, -0.2) is 0 Å². The molecule has 0 saturated heterocycles. The maximum Gasteiger partial charge on any atom is 0.433 e. The summed E-state index contributed by atoms with van der Waals surface area (Å²) in [5.41, 5.74) is 0.125. The first-order chi connectivity index (χ1) is 6.97. The molecule has 1 fully saturated rings. The second kappa shape index (κ2) is 3.51. The largest absolute Gasteiger partial charge is 0.433 e. The van der Waals surface area contributed by atoms with Gasteiger partial charge in [-0.15, -0.1) is 0 Å². The summed E-state index contributed by atoms with van der Waals surface area (Å²) < 4.78 is 36.6. The number of rotatable bonds is 1. The van der Waals surface area contributed by atoms with Gasteiger partial charge in [0.05, 0.1) is 0 Å². The van der Waals surface area contributed by atoms with Crippen molar-refractivity contribution < 1.29 is 13.2 Å². The first kappa shape index (κ1) is 10.5. The number of aromatic nitrogens is 1. The van der Waals surface area contributed by atoms with Crippen molar-refractivity contribution in [3.05, 3.63) is 29.6 Å². The fraction of sp³-hybridized carbons (Fsp3) is 0.545. The maximum atomic E-state index is 12.2. The van der Waals surface area contributed by atoms with Gasteiger partial charge in [-0.2, -0.15) is 13.2 Å². The van der Waals surface area contributed by atoms with Crippen LogP contribution in [0.15, 0.2) is 18.3 Å². The van der Waals surface area contributed by atoms with Crippen LogP contribution in [0.1, 0.15) is 36.9 Å². The van der Waals surface area contributed by atoms with Crippen LogP contribution in [-0.4, -0.2) is 4.98 Å². The van der Waals surface area contributed by atoms with E-state index in [4.69, 9.17) is 0 Å². The summed E-state index contributed by atoms with van der Waals surface area (Å²) in [4.78, 5) is 3.45. The predicted molar refractivity (Wildman–Crippen MR) is 50.4 cm³/mol. The van der Waals surface area contributed by atoms with E-state index in [1.165, 1.54) is 6.20 Å². The number of pyridine rings is 1. The summed E-state index contributed by atoms with van der Waals surface area (Å²) in [6.07, 6.45) is -0.842. The summed E-state index contributed by atoms with van der Waals surface area (Å²) >= 11 is 0. The molecule has 0 aliphatic heterocycles. The average molecular weight is 215 g/mol. The van der Waals surface area contributed by atoms with Crippen LogP contribution in [0.3, 0.4) is 0 Å². The maximum absolute atomic E-state index is 12.2. The van der Waals surface area contributed by atoms with Crippen LogP contribution in [-0.2, 0) is 6.18 Å². The molecule has 1 aliphatic rings. The van der Waals surface area contributed by atoms with Crippen LogP contribution in [0.2, 0.25) is 0 Å². The van der Waals surface area contributed by atoms with Crippen molar-refractivity contribution in [1.82, 2.24) is 4.98 Å². The van der Waals surface area contributed by atoms with E-state index in [-0.39, 0.29) is 0 Å². The topological polar surface area (TPSA) is 12.9 Å². The van der Waals surface area contributed by atoms with Crippen LogP contribution in [0.25, 0.3) is 0 Å². The summed E-state index contributed by atoms with van der Waals surface area (Å²) in [6, 6.07) is 2.62. The Morgan fingerprint density at radius 3 is 2.33 bits per heavy atom. The van der Waals surface area contributed by atoms with Gasteiger partial charge in [0, 0.05) is 6.20 Å². The van der Waals surface area contributed by atoms with Gasteiger partial charge in [0.1, 0.15) is 5.69 Å². The van der Waals surface area contributed by atoms with Gasteiger partial charge in [-0.1, -0.05) is 13.0 Å². The molecule has 0 N–H and O–H groups in total. The quantitative estimate of drug-likeness (QED) is 0.697. The van der Waals surface area contributed by atoms with E-state index in [9.17, 15) is 13.2 Å². The minimum absolute atomic E-state index is 0.412. The van der Waals surface area contributed by atoms with Crippen LogP contribution >= 0.6 is 0 Å². The predicted octanol–water partition coefficient (Wildman–Crippen LogP) is 3.61. The van der Waals surface area contributed by atoms with Crippen molar-refractivity contribution in [3.63, 3.8) is 0 Å². The molecule has 4 heteroatoms. The van der Waals surface area contributed by atoms with E-state index in [1.54, 1.807) is 6.07 Å². The van der Waals surface area contributed by atoms with Crippen molar-refractivity contribution in [2.45, 2.75) is 31.9 Å². The minimum atomic E-state index is -4.33. The minimum Gasteiger partial charge on any atom is -0.251 e. The second-order valence-corrected chi connectivity index (χ2v) is 4.25. The molecule has 1 aliphatic carbocycles. The Morgan fingerprint density at radius 1 is 1.27 bits per heavy atom. The smallest absolute Gasteiger partial charge is 0.251 e. The lowest BCUT2D eigenvalue weighted by Gasteiger charge is -2.32. The van der Waals surface area contributed by atoms with E-state index in [1.807, 2.05) is 0 Å². The lowest BCUT2D eigenvalue weighted by atomic mass is 9.73. The molecular formula is C11H12F3N. The van der Waals surface area contributed by atoms with Crippen molar-refractivity contribution in [3.8, 4) is 0 Å². The van der Waals surface area contributed by atoms with Gasteiger partial charge in [-0.3, -0.25) is 4.98 Å². The van der Waals surface area contributed by atoms with Crippen LogP contribution in [0.5, 0.6) is 0 Å². The first-order valence-corrected chi connectivity index (χ1v) is 5.00. The lowest BCUT2D eigenvalue weighted by Crippen LogP contribution is -2.19. The number of hydrogen-bond acceptors (Lipinski definition) is 1. The lowest BCUT2D eigenvalue weighted by molar-refractivity contribution is -0.141. The summed E-state index contributed by atoms with van der Waals surface area (Å²) in [7, 11) is 0. The molecule has 0 radical (unpaired) electrons. The van der Waals surface area contributed by atoms with Crippen LogP contribution in [0, 0.1) is 5.92 Å². The molecule has 0 aromatic carbocycles. The van der Waals surface area contributed by atoms with Gasteiger partial charge in [0.15, 0.2) is 0 Å². The zero-order valence-electron chi connectivity index (χ0n) is 8.38. The van der Waals surface area contributed by atoms with Crippen LogP contribution in [0.4, 0.5) is 13.2 Å². The SMILES string of the molecule is CC1CC(c2ccc(C(F)(F)F)nc2)C1. The van der Waals surface area contributed by atoms with Gasteiger partial charge >= 0.3 is 6.18 Å². The third kappa shape index (κ3) is 2.13. The summed E-state index contributed by atoms with van der Waals surface area (Å²) in [5.74, 6) is 1.10. The Labute approximate surface area is 86.3 Å². The van der Waals surface area contributed by atoms with E-state index in [0.717, 1.165) is 24.5 Å². The highest BCUT2D eigenvalue weighted by Crippen LogP contribution is 2.41. The van der Waals surface area contributed by atoms with Gasteiger partial charge in [-0.05, 0) is 36.3 Å². The first-order valence-electron chi connectivity index (χ1n) is 5.00. The fourth-order valence-electron chi connectivity index (χ4n) is 1.99. The Morgan fingerprint density at radius 2 is 1.93 bits per heavy atom. The Kier molecular flexibility index (Phi) is 2.44. The van der Waals surface area contributed by atoms with Crippen molar-refractivity contribution >= 4 is 0 Å². The van der Waals surface area contributed by atoms with Crippen molar-refractivity contribution in [2.75, 3.05) is 0 Å². The van der Waals surface area contributed by atoms with Crippen molar-refractivity contribution in [2.24, 2.45) is 5.92 Å². The molecule has 0 spiro atoms. The molecule has 1 saturated carbocycles. The zero-order chi connectivity index (χ0) is 11.1. The van der Waals surface area contributed by atoms with Gasteiger partial charge < -0.3 is 0 Å². The summed E-state index contributed by atoms with van der Waals surface area (Å²) in [5, 5.41) is 0. The standard InChI is InChI=1S/C11H12F3N/c1-7-4-9(5-7)8-2-3-10(15-6-8)11(12,13)14/h2-3,6-7,9H,4-5H2,1H3. The molecule has 0 atom stereocenters. The monoisotopic (exact) mass is 215 g/mol. The Hall–Kier alpha value is -1.06. The fourth-order valence-corrected chi connectivity index (χ4v) is 1.99. The average Bonchev–Trinajstić information content (AvgIpc) is 2.12.